The van der Waals surface area contributed by atoms with Crippen LogP contribution >= 0.6 is 0 Å². The number of carboxylic acid groups (broad SMARTS) is 1. The number of aryl methyl sites for hydroxylation is 1. The summed E-state index contributed by atoms with van der Waals surface area (Å²) in [4.78, 5) is 44.7. The quantitative estimate of drug-likeness (QED) is 0.570. The van der Waals surface area contributed by atoms with Crippen molar-refractivity contribution in [2.75, 3.05) is 0 Å². The van der Waals surface area contributed by atoms with Gasteiger partial charge in [-0.15, -0.1) is 0 Å². The summed E-state index contributed by atoms with van der Waals surface area (Å²) in [6, 6.07) is 3.44. The standard InChI is InChI=1S/C13H17N3O5/c14-10(17)5-4-9(13(20)21)15-11(18)6-8-16-7-2-1-3-12(16)19/h1-3,7,9H,4-6,8H2,(H2,14,17)(H,15,18)(H,20,21). The number of carboxylic acids is 1. The largest absolute Gasteiger partial charge is 0.480 e. The number of carbonyl (C=O) groups excluding carboxylic acids is 2. The molecule has 1 aromatic heterocycles. The predicted molar refractivity (Wildman–Crippen MR) is 73.3 cm³/mol. The fourth-order valence-corrected chi connectivity index (χ4v) is 1.68. The first-order chi connectivity index (χ1) is 9.90. The highest BCUT2D eigenvalue weighted by Gasteiger charge is 2.20. The summed E-state index contributed by atoms with van der Waals surface area (Å²) in [6.45, 7) is 0.146. The molecule has 1 heterocycles. The second-order valence-corrected chi connectivity index (χ2v) is 4.45. The van der Waals surface area contributed by atoms with E-state index >= 15 is 0 Å². The number of rotatable bonds is 8. The van der Waals surface area contributed by atoms with Crippen LogP contribution in [0.4, 0.5) is 0 Å². The lowest BCUT2D eigenvalue weighted by atomic mass is 10.1. The van der Waals surface area contributed by atoms with Gasteiger partial charge in [0.15, 0.2) is 0 Å². The second kappa shape index (κ2) is 7.83. The first-order valence-corrected chi connectivity index (χ1v) is 6.36. The highest BCUT2D eigenvalue weighted by atomic mass is 16.4. The second-order valence-electron chi connectivity index (χ2n) is 4.45. The number of nitrogens with one attached hydrogen (secondary N) is 1. The molecule has 2 amide bonds. The average Bonchev–Trinajstić information content (AvgIpc) is 2.42. The third-order valence-corrected chi connectivity index (χ3v) is 2.79. The van der Waals surface area contributed by atoms with Gasteiger partial charge in [-0.1, -0.05) is 6.07 Å². The third kappa shape index (κ3) is 5.89. The van der Waals surface area contributed by atoms with Crippen molar-refractivity contribution in [2.24, 2.45) is 5.73 Å². The highest BCUT2D eigenvalue weighted by Crippen LogP contribution is 1.99. The zero-order chi connectivity index (χ0) is 15.8. The number of pyridine rings is 1. The smallest absolute Gasteiger partial charge is 0.326 e. The molecular formula is C13H17N3O5. The Hall–Kier alpha value is -2.64. The van der Waals surface area contributed by atoms with E-state index in [9.17, 15) is 19.2 Å². The lowest BCUT2D eigenvalue weighted by Gasteiger charge is -2.14. The van der Waals surface area contributed by atoms with Crippen molar-refractivity contribution in [1.82, 2.24) is 9.88 Å². The van der Waals surface area contributed by atoms with Crippen LogP contribution in [-0.4, -0.2) is 33.5 Å². The minimum Gasteiger partial charge on any atom is -0.480 e. The molecule has 0 saturated heterocycles. The lowest BCUT2D eigenvalue weighted by molar-refractivity contribution is -0.142. The van der Waals surface area contributed by atoms with Gasteiger partial charge in [0.1, 0.15) is 6.04 Å². The maximum absolute atomic E-state index is 11.7. The number of amides is 2. The SMILES string of the molecule is NC(=O)CCC(NC(=O)CCn1ccccc1=O)C(=O)O. The van der Waals surface area contributed by atoms with Gasteiger partial charge < -0.3 is 20.7 Å². The fraction of sp³-hybridized carbons (Fsp3) is 0.385. The molecular weight excluding hydrogens is 278 g/mol. The minimum absolute atomic E-state index is 0.0374. The van der Waals surface area contributed by atoms with E-state index in [-0.39, 0.29) is 31.4 Å². The molecule has 8 heteroatoms. The van der Waals surface area contributed by atoms with Gasteiger partial charge in [0.05, 0.1) is 0 Å². The van der Waals surface area contributed by atoms with Crippen LogP contribution < -0.4 is 16.6 Å². The van der Waals surface area contributed by atoms with Crippen molar-refractivity contribution in [1.29, 1.82) is 0 Å². The Bertz CT molecular complexity index is 581. The van der Waals surface area contributed by atoms with Crippen LogP contribution in [0.1, 0.15) is 19.3 Å². The first-order valence-electron chi connectivity index (χ1n) is 6.36. The zero-order valence-electron chi connectivity index (χ0n) is 11.3. The van der Waals surface area contributed by atoms with Gasteiger partial charge in [0.25, 0.3) is 5.56 Å². The van der Waals surface area contributed by atoms with E-state index in [1.807, 2.05) is 0 Å². The molecule has 0 bridgehead atoms. The van der Waals surface area contributed by atoms with E-state index in [1.54, 1.807) is 12.1 Å². The molecule has 1 aromatic rings. The zero-order valence-corrected chi connectivity index (χ0v) is 11.3. The first kappa shape index (κ1) is 16.4. The van der Waals surface area contributed by atoms with Crippen LogP contribution in [-0.2, 0) is 20.9 Å². The Morgan fingerprint density at radius 2 is 2.00 bits per heavy atom. The predicted octanol–water partition coefficient (Wildman–Crippen LogP) is -0.927. The molecule has 0 radical (unpaired) electrons. The molecule has 0 fully saturated rings. The average molecular weight is 295 g/mol. The Labute approximate surface area is 120 Å². The Morgan fingerprint density at radius 3 is 2.57 bits per heavy atom. The number of hydrogen-bond acceptors (Lipinski definition) is 4. The number of carbonyl (C=O) groups is 3. The van der Waals surface area contributed by atoms with Crippen molar-refractivity contribution in [3.63, 3.8) is 0 Å². The Kier molecular flexibility index (Phi) is 6.12. The van der Waals surface area contributed by atoms with E-state index < -0.39 is 23.8 Å². The molecule has 21 heavy (non-hydrogen) atoms. The minimum atomic E-state index is -1.23. The molecule has 1 rings (SSSR count). The molecule has 8 nitrogen and oxygen atoms in total. The van der Waals surface area contributed by atoms with Crippen molar-refractivity contribution in [3.05, 3.63) is 34.7 Å². The van der Waals surface area contributed by atoms with Crippen LogP contribution in [0.3, 0.4) is 0 Å². The molecule has 1 unspecified atom stereocenters. The summed E-state index contributed by atoms with van der Waals surface area (Å²) < 4.78 is 1.35. The molecule has 0 spiro atoms. The van der Waals surface area contributed by atoms with Crippen LogP contribution in [0, 0.1) is 0 Å². The molecule has 0 aliphatic rings. The number of nitrogens with zero attached hydrogens (tertiary/aromatic N) is 1. The molecule has 0 aliphatic heterocycles. The fourth-order valence-electron chi connectivity index (χ4n) is 1.68. The van der Waals surface area contributed by atoms with Crippen molar-refractivity contribution in [3.8, 4) is 0 Å². The maximum Gasteiger partial charge on any atom is 0.326 e. The van der Waals surface area contributed by atoms with E-state index in [0.29, 0.717) is 0 Å². The summed E-state index contributed by atoms with van der Waals surface area (Å²) in [7, 11) is 0. The summed E-state index contributed by atoms with van der Waals surface area (Å²) in [5.74, 6) is -2.38. The number of aromatic nitrogens is 1. The summed E-state index contributed by atoms with van der Waals surface area (Å²) in [5.41, 5.74) is 4.70. The van der Waals surface area contributed by atoms with E-state index in [0.717, 1.165) is 0 Å². The van der Waals surface area contributed by atoms with Crippen LogP contribution in [0.15, 0.2) is 29.2 Å². The number of primary amides is 1. The Balaban J connectivity index is 2.50. The van der Waals surface area contributed by atoms with Crippen LogP contribution in [0.5, 0.6) is 0 Å². The topological polar surface area (TPSA) is 131 Å². The van der Waals surface area contributed by atoms with Gasteiger partial charge in [0, 0.05) is 31.6 Å². The third-order valence-electron chi connectivity index (χ3n) is 2.79. The number of nitrogens with two attached hydrogens (primary N) is 1. The molecule has 1 atom stereocenters. The number of hydrogen-bond donors (Lipinski definition) is 3. The van der Waals surface area contributed by atoms with Gasteiger partial charge >= 0.3 is 5.97 Å². The van der Waals surface area contributed by atoms with E-state index in [2.05, 4.69) is 5.32 Å². The Morgan fingerprint density at radius 1 is 1.29 bits per heavy atom. The molecule has 0 saturated carbocycles. The van der Waals surface area contributed by atoms with Gasteiger partial charge in [-0.2, -0.15) is 0 Å². The van der Waals surface area contributed by atoms with Gasteiger partial charge in [0.2, 0.25) is 11.8 Å². The van der Waals surface area contributed by atoms with Crippen molar-refractivity contribution in [2.45, 2.75) is 31.8 Å². The van der Waals surface area contributed by atoms with Crippen molar-refractivity contribution < 1.29 is 19.5 Å². The van der Waals surface area contributed by atoms with Gasteiger partial charge in [-0.3, -0.25) is 14.4 Å². The van der Waals surface area contributed by atoms with E-state index in [4.69, 9.17) is 10.8 Å². The van der Waals surface area contributed by atoms with Crippen LogP contribution in [0.25, 0.3) is 0 Å². The molecule has 0 aliphatic carbocycles. The lowest BCUT2D eigenvalue weighted by Crippen LogP contribution is -2.41. The summed E-state index contributed by atoms with van der Waals surface area (Å²) in [6.07, 6.45) is 1.30. The van der Waals surface area contributed by atoms with Gasteiger partial charge in [-0.05, 0) is 12.5 Å². The number of aliphatic carboxylic acids is 1. The monoisotopic (exact) mass is 295 g/mol. The van der Waals surface area contributed by atoms with Crippen LogP contribution in [0.2, 0.25) is 0 Å². The summed E-state index contributed by atoms with van der Waals surface area (Å²) in [5, 5.41) is 11.2. The highest BCUT2D eigenvalue weighted by molar-refractivity contribution is 5.84. The normalized spacial score (nSPS) is 11.6. The molecule has 0 aromatic carbocycles. The van der Waals surface area contributed by atoms with Crippen molar-refractivity contribution >= 4 is 17.8 Å². The molecule has 114 valence electrons. The summed E-state index contributed by atoms with van der Waals surface area (Å²) >= 11 is 0. The van der Waals surface area contributed by atoms with Gasteiger partial charge in [-0.25, -0.2) is 4.79 Å². The van der Waals surface area contributed by atoms with E-state index in [1.165, 1.54) is 16.8 Å². The maximum atomic E-state index is 11.7. The molecule has 4 N–H and O–H groups in total.